The number of nitrogens with zero attached hydrogens (tertiary/aromatic N) is 2. The van der Waals surface area contributed by atoms with Crippen LogP contribution in [-0.4, -0.2) is 22.0 Å². The van der Waals surface area contributed by atoms with Gasteiger partial charge in [-0.2, -0.15) is 5.10 Å². The quantitative estimate of drug-likeness (QED) is 0.773. The highest BCUT2D eigenvalue weighted by Crippen LogP contribution is 2.44. The molecule has 0 radical (unpaired) electrons. The van der Waals surface area contributed by atoms with Gasteiger partial charge in [-0.1, -0.05) is 12.8 Å². The highest BCUT2D eigenvalue weighted by molar-refractivity contribution is 5.14. The molecule has 21 heavy (non-hydrogen) atoms. The largest absolute Gasteiger partial charge is 0.375 e. The van der Waals surface area contributed by atoms with E-state index in [4.69, 9.17) is 4.74 Å². The van der Waals surface area contributed by atoms with E-state index in [1.54, 1.807) is 0 Å². The molecule has 1 aromatic rings. The van der Waals surface area contributed by atoms with E-state index in [0.717, 1.165) is 36.4 Å². The maximum atomic E-state index is 13.1. The van der Waals surface area contributed by atoms with Gasteiger partial charge in [0.05, 0.1) is 11.6 Å². The molecule has 3 nitrogen and oxygen atoms in total. The van der Waals surface area contributed by atoms with Gasteiger partial charge in [0, 0.05) is 6.61 Å². The molecule has 3 rings (SSSR count). The Morgan fingerprint density at radius 2 is 1.90 bits per heavy atom. The first-order chi connectivity index (χ1) is 10.0. The summed E-state index contributed by atoms with van der Waals surface area (Å²) in [7, 11) is 0. The summed E-state index contributed by atoms with van der Waals surface area (Å²) >= 11 is 0. The minimum absolute atomic E-state index is 0.265. The fourth-order valence-corrected chi connectivity index (χ4v) is 3.57. The summed E-state index contributed by atoms with van der Waals surface area (Å²) < 4.78 is 58.6. The molecular weight excluding hydrogens is 288 g/mol. The second kappa shape index (κ2) is 5.59. The highest BCUT2D eigenvalue weighted by atomic mass is 19.3. The van der Waals surface area contributed by atoms with Crippen molar-refractivity contribution in [2.75, 3.05) is 6.61 Å². The van der Waals surface area contributed by atoms with Crippen LogP contribution in [0.3, 0.4) is 0 Å². The van der Waals surface area contributed by atoms with Crippen LogP contribution in [0.2, 0.25) is 0 Å². The van der Waals surface area contributed by atoms with E-state index >= 15 is 0 Å². The van der Waals surface area contributed by atoms with Crippen molar-refractivity contribution >= 4 is 0 Å². The fourth-order valence-electron chi connectivity index (χ4n) is 3.57. The van der Waals surface area contributed by atoms with Gasteiger partial charge in [0.25, 0.3) is 12.9 Å². The molecule has 1 aliphatic carbocycles. The van der Waals surface area contributed by atoms with Gasteiger partial charge in [-0.05, 0) is 31.7 Å². The number of hydrogen-bond donors (Lipinski definition) is 0. The molecule has 1 aliphatic heterocycles. The van der Waals surface area contributed by atoms with Crippen LogP contribution in [0.1, 0.15) is 68.8 Å². The summed E-state index contributed by atoms with van der Waals surface area (Å²) in [6.45, 7) is 0.469. The molecule has 1 spiro atoms. The van der Waals surface area contributed by atoms with Gasteiger partial charge in [0.2, 0.25) is 0 Å². The van der Waals surface area contributed by atoms with Crippen LogP contribution in [0.25, 0.3) is 0 Å². The molecule has 1 saturated carbocycles. The predicted molar refractivity (Wildman–Crippen MR) is 67.6 cm³/mol. The van der Waals surface area contributed by atoms with E-state index in [9.17, 15) is 17.6 Å². The third-order valence-corrected chi connectivity index (χ3v) is 4.56. The number of ether oxygens (including phenoxy) is 1. The van der Waals surface area contributed by atoms with E-state index < -0.39 is 24.2 Å². The lowest BCUT2D eigenvalue weighted by atomic mass is 9.89. The van der Waals surface area contributed by atoms with Crippen molar-refractivity contribution in [3.8, 4) is 0 Å². The molecule has 0 amide bonds. The van der Waals surface area contributed by atoms with Gasteiger partial charge < -0.3 is 4.74 Å². The second-order valence-electron chi connectivity index (χ2n) is 5.93. The van der Waals surface area contributed by atoms with Crippen LogP contribution in [0.15, 0.2) is 6.07 Å². The van der Waals surface area contributed by atoms with Gasteiger partial charge in [-0.3, -0.25) is 4.68 Å². The molecule has 1 aromatic heterocycles. The van der Waals surface area contributed by atoms with E-state index in [1.807, 2.05) is 0 Å². The molecule has 2 heterocycles. The summed E-state index contributed by atoms with van der Waals surface area (Å²) in [5.74, 6) is 0. The Bertz CT molecular complexity index is 497. The van der Waals surface area contributed by atoms with Crippen molar-refractivity contribution in [3.63, 3.8) is 0 Å². The first kappa shape index (κ1) is 14.8. The highest BCUT2D eigenvalue weighted by Gasteiger charge is 2.41. The third kappa shape index (κ3) is 2.80. The second-order valence-corrected chi connectivity index (χ2v) is 5.93. The Morgan fingerprint density at radius 3 is 2.52 bits per heavy atom. The summed E-state index contributed by atoms with van der Waals surface area (Å²) in [5, 5.41) is 3.74. The van der Waals surface area contributed by atoms with Crippen LogP contribution in [-0.2, 0) is 4.74 Å². The number of hydrogen-bond acceptors (Lipinski definition) is 2. The van der Waals surface area contributed by atoms with Gasteiger partial charge in [0.15, 0.2) is 0 Å². The molecular formula is C14H18F4N2O. The average Bonchev–Trinajstić information content (AvgIpc) is 3.06. The van der Waals surface area contributed by atoms with Crippen molar-refractivity contribution < 1.29 is 22.3 Å². The van der Waals surface area contributed by atoms with Gasteiger partial charge in [-0.25, -0.2) is 17.6 Å². The van der Waals surface area contributed by atoms with Crippen LogP contribution >= 0.6 is 0 Å². The summed E-state index contributed by atoms with van der Waals surface area (Å²) in [5.41, 5.74) is -1.25. The standard InChI is InChI=1S/C14H18F4N2O/c15-12(16)10-7-11(13(17)18)20(19-10)9-3-6-21-14(8-9)4-1-2-5-14/h7,9,12-13H,1-6,8H2. The zero-order valence-corrected chi connectivity index (χ0v) is 11.6. The Hall–Kier alpha value is -1.11. The van der Waals surface area contributed by atoms with E-state index in [2.05, 4.69) is 5.10 Å². The van der Waals surface area contributed by atoms with Crippen molar-refractivity contribution in [2.45, 2.75) is 63.0 Å². The molecule has 0 bridgehead atoms. The van der Waals surface area contributed by atoms with Crippen molar-refractivity contribution in [3.05, 3.63) is 17.5 Å². The molecule has 1 unspecified atom stereocenters. The first-order valence-corrected chi connectivity index (χ1v) is 7.30. The fraction of sp³-hybridized carbons (Fsp3) is 0.786. The van der Waals surface area contributed by atoms with Gasteiger partial charge in [0.1, 0.15) is 11.4 Å². The van der Waals surface area contributed by atoms with Crippen LogP contribution in [0.4, 0.5) is 17.6 Å². The number of halogens is 4. The Morgan fingerprint density at radius 1 is 1.19 bits per heavy atom. The van der Waals surface area contributed by atoms with E-state index in [-0.39, 0.29) is 11.6 Å². The molecule has 1 saturated heterocycles. The van der Waals surface area contributed by atoms with Crippen molar-refractivity contribution in [2.24, 2.45) is 0 Å². The molecule has 118 valence electrons. The summed E-state index contributed by atoms with van der Waals surface area (Å²) in [6.07, 6.45) is -0.557. The molecule has 7 heteroatoms. The smallest absolute Gasteiger partial charge is 0.282 e. The lowest BCUT2D eigenvalue weighted by Gasteiger charge is -2.38. The zero-order chi connectivity index (χ0) is 15.0. The lowest BCUT2D eigenvalue weighted by molar-refractivity contribution is -0.0922. The number of rotatable bonds is 3. The third-order valence-electron chi connectivity index (χ3n) is 4.56. The average molecular weight is 306 g/mol. The molecule has 2 fully saturated rings. The van der Waals surface area contributed by atoms with Crippen LogP contribution in [0.5, 0.6) is 0 Å². The van der Waals surface area contributed by atoms with Crippen molar-refractivity contribution in [1.82, 2.24) is 9.78 Å². The Kier molecular flexibility index (Phi) is 3.94. The lowest BCUT2D eigenvalue weighted by Crippen LogP contribution is -2.38. The maximum absolute atomic E-state index is 13.1. The summed E-state index contributed by atoms with van der Waals surface area (Å²) in [4.78, 5) is 0. The summed E-state index contributed by atoms with van der Waals surface area (Å²) in [6, 6.07) is 0.542. The van der Waals surface area contributed by atoms with Gasteiger partial charge in [-0.15, -0.1) is 0 Å². The zero-order valence-electron chi connectivity index (χ0n) is 11.6. The van der Waals surface area contributed by atoms with E-state index in [0.29, 0.717) is 19.4 Å². The Labute approximate surface area is 120 Å². The predicted octanol–water partition coefficient (Wildman–Crippen LogP) is 4.42. The SMILES string of the molecule is FC(F)c1cc(C(F)F)n(C2CCOC3(CCCC3)C2)n1. The molecule has 2 aliphatic rings. The maximum Gasteiger partial charge on any atom is 0.282 e. The normalized spacial score (nSPS) is 25.3. The van der Waals surface area contributed by atoms with Gasteiger partial charge >= 0.3 is 0 Å². The molecule has 0 N–H and O–H groups in total. The molecule has 1 atom stereocenters. The first-order valence-electron chi connectivity index (χ1n) is 7.30. The minimum atomic E-state index is -2.83. The Balaban J connectivity index is 1.88. The monoisotopic (exact) mass is 306 g/mol. The van der Waals surface area contributed by atoms with Crippen molar-refractivity contribution in [1.29, 1.82) is 0 Å². The number of aromatic nitrogens is 2. The molecule has 0 aromatic carbocycles. The number of alkyl halides is 4. The topological polar surface area (TPSA) is 27.1 Å². The minimum Gasteiger partial charge on any atom is -0.375 e. The van der Waals surface area contributed by atoms with Crippen LogP contribution in [0, 0.1) is 0 Å². The van der Waals surface area contributed by atoms with Crippen LogP contribution < -0.4 is 0 Å². The van der Waals surface area contributed by atoms with E-state index in [1.165, 1.54) is 0 Å².